The molecule has 1 aromatic rings. The van der Waals surface area contributed by atoms with E-state index in [0.717, 1.165) is 17.7 Å². The Labute approximate surface area is 91.7 Å². The molecule has 1 heterocycles. The maximum atomic E-state index is 6.12. The van der Waals surface area contributed by atoms with Gasteiger partial charge in [-0.3, -0.25) is 4.98 Å². The lowest BCUT2D eigenvalue weighted by molar-refractivity contribution is 0.0413. The van der Waals surface area contributed by atoms with Gasteiger partial charge in [-0.05, 0) is 31.9 Å². The normalized spacial score (nSPS) is 14.9. The average Bonchev–Trinajstić information content (AvgIpc) is 2.26. The lowest BCUT2D eigenvalue weighted by Crippen LogP contribution is -2.28. The van der Waals surface area contributed by atoms with E-state index in [-0.39, 0.29) is 12.1 Å². The van der Waals surface area contributed by atoms with Crippen LogP contribution >= 0.6 is 0 Å². The van der Waals surface area contributed by atoms with Crippen molar-refractivity contribution in [1.82, 2.24) is 4.98 Å². The summed E-state index contributed by atoms with van der Waals surface area (Å²) >= 11 is 0. The van der Waals surface area contributed by atoms with Crippen LogP contribution in [0.4, 0.5) is 0 Å². The van der Waals surface area contributed by atoms with Gasteiger partial charge in [0, 0.05) is 18.5 Å². The van der Waals surface area contributed by atoms with Crippen molar-refractivity contribution in [3.05, 3.63) is 29.6 Å². The molecule has 0 aliphatic heterocycles. The second kappa shape index (κ2) is 5.83. The number of aryl methyl sites for hydroxylation is 1. The number of nitrogens with zero attached hydrogens (tertiary/aromatic N) is 1. The van der Waals surface area contributed by atoms with Gasteiger partial charge in [0.2, 0.25) is 0 Å². The summed E-state index contributed by atoms with van der Waals surface area (Å²) < 4.78 is 5.58. The van der Waals surface area contributed by atoms with Crippen LogP contribution in [0.25, 0.3) is 0 Å². The van der Waals surface area contributed by atoms with Crippen molar-refractivity contribution in [1.29, 1.82) is 0 Å². The van der Waals surface area contributed by atoms with Crippen molar-refractivity contribution in [2.45, 2.75) is 39.3 Å². The fourth-order valence-electron chi connectivity index (χ4n) is 1.58. The van der Waals surface area contributed by atoms with Crippen LogP contribution < -0.4 is 5.73 Å². The Morgan fingerprint density at radius 1 is 1.40 bits per heavy atom. The smallest absolute Gasteiger partial charge is 0.0765 e. The van der Waals surface area contributed by atoms with Gasteiger partial charge in [-0.1, -0.05) is 13.0 Å². The molecular weight excluding hydrogens is 188 g/mol. The van der Waals surface area contributed by atoms with E-state index < -0.39 is 0 Å². The number of aromatic nitrogens is 1. The molecule has 0 aliphatic carbocycles. The molecule has 1 aromatic heterocycles. The Bertz CT molecular complexity index is 284. The standard InChI is InChI=1S/C12H20N2O/c1-4-11(15-5-2)12(13)10-7-6-9(3)14-8-10/h6-8,11-12H,4-5,13H2,1-3H3. The van der Waals surface area contributed by atoms with Crippen LogP contribution in [0.3, 0.4) is 0 Å². The number of nitrogens with two attached hydrogens (primary N) is 1. The van der Waals surface area contributed by atoms with Crippen molar-refractivity contribution in [2.75, 3.05) is 6.61 Å². The number of hydrogen-bond donors (Lipinski definition) is 1. The zero-order valence-corrected chi connectivity index (χ0v) is 9.73. The lowest BCUT2D eigenvalue weighted by atomic mass is 10.0. The quantitative estimate of drug-likeness (QED) is 0.807. The monoisotopic (exact) mass is 208 g/mol. The van der Waals surface area contributed by atoms with Gasteiger partial charge in [-0.2, -0.15) is 0 Å². The summed E-state index contributed by atoms with van der Waals surface area (Å²) in [4.78, 5) is 4.24. The molecule has 2 N–H and O–H groups in total. The van der Waals surface area contributed by atoms with Gasteiger partial charge in [0.1, 0.15) is 0 Å². The molecule has 0 fully saturated rings. The summed E-state index contributed by atoms with van der Waals surface area (Å²) in [5.74, 6) is 0. The maximum absolute atomic E-state index is 6.12. The summed E-state index contributed by atoms with van der Waals surface area (Å²) in [5.41, 5.74) is 8.17. The number of hydrogen-bond acceptors (Lipinski definition) is 3. The summed E-state index contributed by atoms with van der Waals surface area (Å²) in [5, 5.41) is 0. The molecule has 0 bridgehead atoms. The van der Waals surface area contributed by atoms with E-state index >= 15 is 0 Å². The molecule has 0 amide bonds. The van der Waals surface area contributed by atoms with E-state index in [2.05, 4.69) is 11.9 Å². The van der Waals surface area contributed by atoms with E-state index in [1.165, 1.54) is 0 Å². The molecule has 84 valence electrons. The Balaban J connectivity index is 2.73. The van der Waals surface area contributed by atoms with E-state index in [1.54, 1.807) is 0 Å². The van der Waals surface area contributed by atoms with Crippen LogP contribution in [0.1, 0.15) is 37.6 Å². The third-order valence-electron chi connectivity index (χ3n) is 2.50. The molecule has 0 radical (unpaired) electrons. The predicted molar refractivity (Wildman–Crippen MR) is 61.6 cm³/mol. The highest BCUT2D eigenvalue weighted by molar-refractivity contribution is 5.17. The fraction of sp³-hybridized carbons (Fsp3) is 0.583. The highest BCUT2D eigenvalue weighted by Crippen LogP contribution is 2.18. The maximum Gasteiger partial charge on any atom is 0.0765 e. The zero-order chi connectivity index (χ0) is 11.3. The van der Waals surface area contributed by atoms with Crippen LogP contribution in [0.5, 0.6) is 0 Å². The van der Waals surface area contributed by atoms with E-state index in [1.807, 2.05) is 32.2 Å². The minimum atomic E-state index is -0.0805. The van der Waals surface area contributed by atoms with Gasteiger partial charge in [0.25, 0.3) is 0 Å². The largest absolute Gasteiger partial charge is 0.377 e. The topological polar surface area (TPSA) is 48.1 Å². The third kappa shape index (κ3) is 3.29. The zero-order valence-electron chi connectivity index (χ0n) is 9.73. The average molecular weight is 208 g/mol. The Hall–Kier alpha value is -0.930. The predicted octanol–water partition coefficient (Wildman–Crippen LogP) is 2.20. The first-order chi connectivity index (χ1) is 7.19. The lowest BCUT2D eigenvalue weighted by Gasteiger charge is -2.22. The minimum absolute atomic E-state index is 0.0805. The highest BCUT2D eigenvalue weighted by Gasteiger charge is 2.17. The Morgan fingerprint density at radius 2 is 2.13 bits per heavy atom. The first kappa shape index (κ1) is 12.1. The van der Waals surface area contributed by atoms with Gasteiger partial charge in [-0.25, -0.2) is 0 Å². The van der Waals surface area contributed by atoms with Gasteiger partial charge in [0.15, 0.2) is 0 Å². The molecule has 2 unspecified atom stereocenters. The summed E-state index contributed by atoms with van der Waals surface area (Å²) in [6.07, 6.45) is 2.84. The summed E-state index contributed by atoms with van der Waals surface area (Å²) in [6, 6.07) is 3.92. The third-order valence-corrected chi connectivity index (χ3v) is 2.50. The summed E-state index contributed by atoms with van der Waals surface area (Å²) in [6.45, 7) is 6.74. The SMILES string of the molecule is CCOC(CC)C(N)c1ccc(C)nc1. The first-order valence-electron chi connectivity index (χ1n) is 5.48. The van der Waals surface area contributed by atoms with Crippen molar-refractivity contribution < 1.29 is 4.74 Å². The van der Waals surface area contributed by atoms with Crippen LogP contribution in [0, 0.1) is 6.92 Å². The second-order valence-electron chi connectivity index (χ2n) is 3.66. The fourth-order valence-corrected chi connectivity index (χ4v) is 1.58. The van der Waals surface area contributed by atoms with E-state index in [9.17, 15) is 0 Å². The molecule has 1 rings (SSSR count). The molecular formula is C12H20N2O. The molecule has 0 spiro atoms. The second-order valence-corrected chi connectivity index (χ2v) is 3.66. The first-order valence-corrected chi connectivity index (χ1v) is 5.48. The number of rotatable bonds is 5. The minimum Gasteiger partial charge on any atom is -0.377 e. The van der Waals surface area contributed by atoms with Crippen molar-refractivity contribution >= 4 is 0 Å². The number of ether oxygens (including phenoxy) is 1. The van der Waals surface area contributed by atoms with Crippen LogP contribution in [-0.2, 0) is 4.74 Å². The van der Waals surface area contributed by atoms with Crippen molar-refractivity contribution in [2.24, 2.45) is 5.73 Å². The van der Waals surface area contributed by atoms with E-state index in [0.29, 0.717) is 6.61 Å². The molecule has 2 atom stereocenters. The highest BCUT2D eigenvalue weighted by atomic mass is 16.5. The van der Waals surface area contributed by atoms with Gasteiger partial charge >= 0.3 is 0 Å². The van der Waals surface area contributed by atoms with Crippen LogP contribution in [0.15, 0.2) is 18.3 Å². The Morgan fingerprint density at radius 3 is 2.60 bits per heavy atom. The van der Waals surface area contributed by atoms with Crippen molar-refractivity contribution in [3.63, 3.8) is 0 Å². The van der Waals surface area contributed by atoms with Crippen LogP contribution in [-0.4, -0.2) is 17.7 Å². The Kier molecular flexibility index (Phi) is 4.72. The molecule has 0 saturated heterocycles. The van der Waals surface area contributed by atoms with Gasteiger partial charge < -0.3 is 10.5 Å². The van der Waals surface area contributed by atoms with Crippen LogP contribution in [0.2, 0.25) is 0 Å². The number of pyridine rings is 1. The molecule has 3 nitrogen and oxygen atoms in total. The van der Waals surface area contributed by atoms with E-state index in [4.69, 9.17) is 10.5 Å². The molecule has 0 aliphatic rings. The molecule has 0 aromatic carbocycles. The summed E-state index contributed by atoms with van der Waals surface area (Å²) in [7, 11) is 0. The molecule has 0 saturated carbocycles. The van der Waals surface area contributed by atoms with Crippen molar-refractivity contribution in [3.8, 4) is 0 Å². The molecule has 3 heteroatoms. The van der Waals surface area contributed by atoms with Gasteiger partial charge in [-0.15, -0.1) is 0 Å². The van der Waals surface area contributed by atoms with Gasteiger partial charge in [0.05, 0.1) is 12.1 Å². The molecule has 15 heavy (non-hydrogen) atoms.